The summed E-state index contributed by atoms with van der Waals surface area (Å²) in [5.41, 5.74) is 3.65. The smallest absolute Gasteiger partial charge is 0.247 e. The van der Waals surface area contributed by atoms with Crippen LogP contribution in [-0.4, -0.2) is 30.2 Å². The van der Waals surface area contributed by atoms with Gasteiger partial charge >= 0.3 is 0 Å². The van der Waals surface area contributed by atoms with Crippen molar-refractivity contribution in [2.75, 3.05) is 5.75 Å². The average Bonchev–Trinajstić information content (AvgIpc) is 3.51. The summed E-state index contributed by atoms with van der Waals surface area (Å²) in [7, 11) is -3.28. The van der Waals surface area contributed by atoms with E-state index in [1.165, 1.54) is 0 Å². The van der Waals surface area contributed by atoms with Crippen molar-refractivity contribution in [2.45, 2.75) is 49.8 Å². The van der Waals surface area contributed by atoms with Gasteiger partial charge in [-0.1, -0.05) is 60.0 Å². The Morgan fingerprint density at radius 3 is 2.11 bits per heavy atom. The summed E-state index contributed by atoms with van der Waals surface area (Å²) in [6.07, 6.45) is 1.89. The standard InChI is InChI=1S/C29H26Cl2N2O4S/c1-3-38(35,36)23-10-6-19(7-11-23)14-22(34)15-20-16-24(30)26(25(31)17-20)29(12-13-29)28-33-32-27(37-28)21-8-4-18(2)5-9-21/h4-11,16-17H,3,12-15H2,1-2H3. The lowest BCUT2D eigenvalue weighted by molar-refractivity contribution is -0.117. The lowest BCUT2D eigenvalue weighted by Crippen LogP contribution is -2.12. The second-order valence-corrected chi connectivity index (χ2v) is 12.8. The fraction of sp³-hybridized carbons (Fsp3) is 0.276. The Kier molecular flexibility index (Phi) is 7.20. The Morgan fingerprint density at radius 2 is 1.53 bits per heavy atom. The third kappa shape index (κ3) is 5.28. The number of ketones is 1. The topological polar surface area (TPSA) is 90.1 Å². The summed E-state index contributed by atoms with van der Waals surface area (Å²) < 4.78 is 30.1. The zero-order chi connectivity index (χ0) is 27.1. The Morgan fingerprint density at radius 1 is 0.921 bits per heavy atom. The molecule has 3 aromatic carbocycles. The quantitative estimate of drug-likeness (QED) is 0.226. The first-order chi connectivity index (χ1) is 18.1. The first kappa shape index (κ1) is 26.6. The highest BCUT2D eigenvalue weighted by atomic mass is 35.5. The number of nitrogens with zero attached hydrogens (tertiary/aromatic N) is 2. The van der Waals surface area contributed by atoms with Crippen molar-refractivity contribution in [1.29, 1.82) is 0 Å². The number of Topliss-reactive ketones (excluding diaryl/α,β-unsaturated/α-hetero) is 1. The molecule has 0 aliphatic heterocycles. The van der Waals surface area contributed by atoms with Gasteiger partial charge in [0, 0.05) is 34.0 Å². The number of benzene rings is 3. The van der Waals surface area contributed by atoms with Crippen molar-refractivity contribution in [1.82, 2.24) is 10.2 Å². The molecule has 1 aromatic heterocycles. The number of carbonyl (C=O) groups excluding carboxylic acids is 1. The molecule has 9 heteroatoms. The first-order valence-corrected chi connectivity index (χ1v) is 14.7. The molecule has 0 unspecified atom stereocenters. The predicted octanol–water partition coefficient (Wildman–Crippen LogP) is 6.58. The highest BCUT2D eigenvalue weighted by molar-refractivity contribution is 7.91. The van der Waals surface area contributed by atoms with Crippen LogP contribution in [0.3, 0.4) is 0 Å². The fourth-order valence-corrected chi connectivity index (χ4v) is 6.39. The third-order valence-corrected chi connectivity index (χ3v) is 9.28. The Balaban J connectivity index is 1.32. The van der Waals surface area contributed by atoms with E-state index in [1.54, 1.807) is 43.3 Å². The summed E-state index contributed by atoms with van der Waals surface area (Å²) in [4.78, 5) is 13.0. The van der Waals surface area contributed by atoms with Crippen molar-refractivity contribution in [3.05, 3.63) is 98.9 Å². The van der Waals surface area contributed by atoms with Crippen LogP contribution in [0.15, 0.2) is 70.0 Å². The van der Waals surface area contributed by atoms with Gasteiger partial charge in [-0.25, -0.2) is 8.42 Å². The van der Waals surface area contributed by atoms with Gasteiger partial charge in [0.15, 0.2) is 9.84 Å². The highest BCUT2D eigenvalue weighted by Gasteiger charge is 2.53. The lowest BCUT2D eigenvalue weighted by atomic mass is 9.93. The molecule has 0 bridgehead atoms. The van der Waals surface area contributed by atoms with E-state index < -0.39 is 15.3 Å². The molecule has 0 saturated heterocycles. The van der Waals surface area contributed by atoms with E-state index in [2.05, 4.69) is 10.2 Å². The van der Waals surface area contributed by atoms with Gasteiger partial charge in [-0.15, -0.1) is 10.2 Å². The molecule has 1 heterocycles. The minimum Gasteiger partial charge on any atom is -0.420 e. The van der Waals surface area contributed by atoms with Crippen LogP contribution in [0.4, 0.5) is 0 Å². The Hall–Kier alpha value is -3.00. The van der Waals surface area contributed by atoms with Gasteiger partial charge in [0.25, 0.3) is 0 Å². The zero-order valence-corrected chi connectivity index (χ0v) is 23.3. The van der Waals surface area contributed by atoms with E-state index in [9.17, 15) is 13.2 Å². The molecule has 1 aliphatic carbocycles. The van der Waals surface area contributed by atoms with Gasteiger partial charge in [0.1, 0.15) is 5.78 Å². The van der Waals surface area contributed by atoms with E-state index in [-0.39, 0.29) is 29.3 Å². The number of hydrogen-bond acceptors (Lipinski definition) is 6. The number of aromatic nitrogens is 2. The van der Waals surface area contributed by atoms with Crippen LogP contribution in [0, 0.1) is 6.92 Å². The van der Waals surface area contributed by atoms with Crippen LogP contribution in [0.25, 0.3) is 11.5 Å². The minimum atomic E-state index is -3.28. The first-order valence-electron chi connectivity index (χ1n) is 12.3. The molecule has 4 aromatic rings. The molecule has 0 atom stereocenters. The van der Waals surface area contributed by atoms with Gasteiger partial charge < -0.3 is 4.42 Å². The number of halogens is 2. The Labute approximate surface area is 231 Å². The molecule has 0 N–H and O–H groups in total. The molecule has 38 heavy (non-hydrogen) atoms. The molecule has 1 fully saturated rings. The van der Waals surface area contributed by atoms with E-state index >= 15 is 0 Å². The van der Waals surface area contributed by atoms with E-state index in [0.29, 0.717) is 27.4 Å². The van der Waals surface area contributed by atoms with E-state index in [1.807, 2.05) is 31.2 Å². The molecular formula is C29H26Cl2N2O4S. The van der Waals surface area contributed by atoms with Crippen molar-refractivity contribution < 1.29 is 17.6 Å². The summed E-state index contributed by atoms with van der Waals surface area (Å²) in [5.74, 6) is 0.928. The van der Waals surface area contributed by atoms with Crippen molar-refractivity contribution in [3.8, 4) is 11.5 Å². The lowest BCUT2D eigenvalue weighted by Gasteiger charge is -2.16. The maximum atomic E-state index is 12.8. The van der Waals surface area contributed by atoms with E-state index in [4.69, 9.17) is 27.6 Å². The number of aryl methyl sites for hydroxylation is 1. The van der Waals surface area contributed by atoms with Gasteiger partial charge in [-0.2, -0.15) is 0 Å². The molecule has 0 spiro atoms. The number of sulfone groups is 1. The third-order valence-electron chi connectivity index (χ3n) is 6.93. The van der Waals surface area contributed by atoms with Crippen molar-refractivity contribution in [2.24, 2.45) is 0 Å². The zero-order valence-electron chi connectivity index (χ0n) is 21.0. The van der Waals surface area contributed by atoms with Crippen LogP contribution in [0.1, 0.15) is 47.9 Å². The maximum Gasteiger partial charge on any atom is 0.247 e. The molecule has 1 saturated carbocycles. The second kappa shape index (κ2) is 10.3. The van der Waals surface area contributed by atoms with E-state index in [0.717, 1.165) is 35.1 Å². The summed E-state index contributed by atoms with van der Waals surface area (Å²) in [6.45, 7) is 3.62. The molecule has 1 aliphatic rings. The van der Waals surface area contributed by atoms with Gasteiger partial charge in [0.2, 0.25) is 11.8 Å². The predicted molar refractivity (Wildman–Crippen MR) is 148 cm³/mol. The van der Waals surface area contributed by atoms with Crippen LogP contribution >= 0.6 is 23.2 Å². The molecule has 0 radical (unpaired) electrons. The van der Waals surface area contributed by atoms with Crippen molar-refractivity contribution in [3.63, 3.8) is 0 Å². The molecule has 6 nitrogen and oxygen atoms in total. The molecule has 196 valence electrons. The van der Waals surface area contributed by atoms with Crippen molar-refractivity contribution >= 4 is 38.8 Å². The molecular weight excluding hydrogens is 543 g/mol. The largest absolute Gasteiger partial charge is 0.420 e. The second-order valence-electron chi connectivity index (χ2n) is 9.73. The Bertz CT molecular complexity index is 1580. The van der Waals surface area contributed by atoms with Crippen LogP contribution in [-0.2, 0) is 32.9 Å². The summed E-state index contributed by atoms with van der Waals surface area (Å²) >= 11 is 13.5. The monoisotopic (exact) mass is 568 g/mol. The maximum absolute atomic E-state index is 12.8. The molecule has 5 rings (SSSR count). The van der Waals surface area contributed by atoms with Crippen LogP contribution in [0.2, 0.25) is 10.0 Å². The van der Waals surface area contributed by atoms with Crippen LogP contribution in [0.5, 0.6) is 0 Å². The highest BCUT2D eigenvalue weighted by Crippen LogP contribution is 2.57. The summed E-state index contributed by atoms with van der Waals surface area (Å²) in [6, 6.07) is 17.9. The van der Waals surface area contributed by atoms with Crippen LogP contribution < -0.4 is 0 Å². The van der Waals surface area contributed by atoms with Gasteiger partial charge in [0.05, 0.1) is 16.1 Å². The minimum absolute atomic E-state index is 0.0308. The number of rotatable bonds is 9. The van der Waals surface area contributed by atoms with Gasteiger partial charge in [-0.3, -0.25) is 4.79 Å². The van der Waals surface area contributed by atoms with Gasteiger partial charge in [-0.05, 0) is 67.3 Å². The normalized spacial score (nSPS) is 14.4. The average molecular weight is 570 g/mol. The SMILES string of the molecule is CCS(=O)(=O)c1ccc(CC(=O)Cc2cc(Cl)c(C3(c4nnc(-c5ccc(C)cc5)o4)CC3)c(Cl)c2)cc1. The molecule has 0 amide bonds. The fourth-order valence-electron chi connectivity index (χ4n) is 4.61. The number of hydrogen-bond donors (Lipinski definition) is 0. The summed E-state index contributed by atoms with van der Waals surface area (Å²) in [5, 5.41) is 9.49. The number of carbonyl (C=O) groups is 1.